The normalized spacial score (nSPS) is 18.8. The summed E-state index contributed by atoms with van der Waals surface area (Å²) in [6.45, 7) is 0. The van der Waals surface area contributed by atoms with Gasteiger partial charge in [-0.25, -0.2) is 0 Å². The fourth-order valence-corrected chi connectivity index (χ4v) is 2.12. The molecule has 1 aliphatic rings. The van der Waals surface area contributed by atoms with Crippen LogP contribution >= 0.6 is 11.6 Å². The van der Waals surface area contributed by atoms with E-state index >= 15 is 0 Å². The summed E-state index contributed by atoms with van der Waals surface area (Å²) in [6.07, 6.45) is 0.390. The van der Waals surface area contributed by atoms with Crippen molar-refractivity contribution in [1.82, 2.24) is 0 Å². The van der Waals surface area contributed by atoms with Crippen LogP contribution in [-0.4, -0.2) is 18.9 Å². The van der Waals surface area contributed by atoms with E-state index in [2.05, 4.69) is 4.74 Å². The Morgan fingerprint density at radius 2 is 2.27 bits per heavy atom. The van der Waals surface area contributed by atoms with Crippen LogP contribution in [0, 0.1) is 5.92 Å². The molecule has 78 valence electrons. The molecule has 3 nitrogen and oxygen atoms in total. The summed E-state index contributed by atoms with van der Waals surface area (Å²) in [5.41, 5.74) is 1.29. The predicted molar refractivity (Wildman–Crippen MR) is 55.0 cm³/mol. The molecular weight excluding hydrogens is 216 g/mol. The number of benzene rings is 1. The minimum atomic E-state index is -0.718. The van der Waals surface area contributed by atoms with Crippen molar-refractivity contribution in [3.63, 3.8) is 0 Å². The van der Waals surface area contributed by atoms with Gasteiger partial charge in [-0.15, -0.1) is 0 Å². The molecule has 1 aromatic rings. The van der Waals surface area contributed by atoms with E-state index in [4.69, 9.17) is 11.6 Å². The molecule has 1 atom stereocenters. The van der Waals surface area contributed by atoms with Crippen molar-refractivity contribution in [2.45, 2.75) is 6.42 Å². The van der Waals surface area contributed by atoms with Crippen molar-refractivity contribution in [2.24, 2.45) is 5.92 Å². The molecule has 2 rings (SSSR count). The number of hydrogen-bond acceptors (Lipinski definition) is 3. The Hall–Kier alpha value is -1.35. The average Bonchev–Trinajstić information content (AvgIpc) is 2.56. The number of Topliss-reactive ketones (excluding diaryl/α,β-unsaturated/α-hetero) is 1. The van der Waals surface area contributed by atoms with Crippen LogP contribution in [0.1, 0.15) is 15.9 Å². The van der Waals surface area contributed by atoms with Crippen LogP contribution in [0.5, 0.6) is 0 Å². The molecule has 0 fully saturated rings. The van der Waals surface area contributed by atoms with Gasteiger partial charge in [-0.1, -0.05) is 23.7 Å². The van der Waals surface area contributed by atoms with Gasteiger partial charge in [0.2, 0.25) is 0 Å². The number of fused-ring (bicyclic) bond motifs is 1. The summed E-state index contributed by atoms with van der Waals surface area (Å²) in [7, 11) is 1.28. The maximum Gasteiger partial charge on any atom is 0.316 e. The van der Waals surface area contributed by atoms with Gasteiger partial charge in [0.1, 0.15) is 5.92 Å². The fourth-order valence-electron chi connectivity index (χ4n) is 1.83. The first-order chi connectivity index (χ1) is 7.15. The quantitative estimate of drug-likeness (QED) is 0.540. The highest BCUT2D eigenvalue weighted by atomic mass is 35.5. The second kappa shape index (κ2) is 3.66. The Kier molecular flexibility index (Phi) is 2.49. The standard InChI is InChI=1S/C11H9ClO3/c1-15-11(14)7-5-6-3-2-4-8(12)9(6)10(7)13/h2-4,7H,5H2,1H3. The molecule has 1 aliphatic carbocycles. The number of carbonyl (C=O) groups is 2. The number of ether oxygens (including phenoxy) is 1. The van der Waals surface area contributed by atoms with E-state index < -0.39 is 11.9 Å². The molecule has 0 bridgehead atoms. The molecule has 0 spiro atoms. The van der Waals surface area contributed by atoms with Gasteiger partial charge in [0, 0.05) is 5.56 Å². The lowest BCUT2D eigenvalue weighted by Crippen LogP contribution is -2.21. The van der Waals surface area contributed by atoms with Crippen molar-refractivity contribution < 1.29 is 14.3 Å². The molecule has 0 aliphatic heterocycles. The first kappa shape index (κ1) is 10.2. The van der Waals surface area contributed by atoms with Crippen LogP contribution in [0.25, 0.3) is 0 Å². The molecule has 0 radical (unpaired) electrons. The average molecular weight is 225 g/mol. The van der Waals surface area contributed by atoms with Gasteiger partial charge in [0.15, 0.2) is 5.78 Å². The number of esters is 1. The summed E-state index contributed by atoms with van der Waals surface area (Å²) < 4.78 is 4.57. The van der Waals surface area contributed by atoms with E-state index in [0.717, 1.165) is 5.56 Å². The van der Waals surface area contributed by atoms with Gasteiger partial charge < -0.3 is 4.74 Å². The third kappa shape index (κ3) is 1.53. The van der Waals surface area contributed by atoms with Crippen LogP contribution in [0.2, 0.25) is 5.02 Å². The first-order valence-electron chi connectivity index (χ1n) is 4.54. The number of hydrogen-bond donors (Lipinski definition) is 0. The van der Waals surface area contributed by atoms with Crippen LogP contribution in [0.4, 0.5) is 0 Å². The molecule has 0 saturated carbocycles. The highest BCUT2D eigenvalue weighted by molar-refractivity contribution is 6.35. The maximum absolute atomic E-state index is 11.8. The Balaban J connectivity index is 2.42. The summed E-state index contributed by atoms with van der Waals surface area (Å²) in [5, 5.41) is 0.406. The van der Waals surface area contributed by atoms with Crippen LogP contribution in [0.3, 0.4) is 0 Å². The highest BCUT2D eigenvalue weighted by Gasteiger charge is 2.37. The summed E-state index contributed by atoms with van der Waals surface area (Å²) in [6, 6.07) is 5.23. The van der Waals surface area contributed by atoms with Gasteiger partial charge in [0.25, 0.3) is 0 Å². The molecular formula is C11H9ClO3. The molecule has 4 heteroatoms. The van der Waals surface area contributed by atoms with Gasteiger partial charge in [-0.3, -0.25) is 9.59 Å². The van der Waals surface area contributed by atoms with Crippen LogP contribution < -0.4 is 0 Å². The van der Waals surface area contributed by atoms with E-state index in [-0.39, 0.29) is 5.78 Å². The zero-order valence-electron chi connectivity index (χ0n) is 8.12. The Morgan fingerprint density at radius 3 is 2.87 bits per heavy atom. The lowest BCUT2D eigenvalue weighted by atomic mass is 10.1. The number of carbonyl (C=O) groups excluding carboxylic acids is 2. The molecule has 0 saturated heterocycles. The zero-order chi connectivity index (χ0) is 11.0. The molecule has 15 heavy (non-hydrogen) atoms. The second-order valence-corrected chi connectivity index (χ2v) is 3.83. The summed E-state index contributed by atoms with van der Waals surface area (Å²) >= 11 is 5.90. The summed E-state index contributed by atoms with van der Waals surface area (Å²) in [5.74, 6) is -1.44. The molecule has 0 aromatic heterocycles. The summed E-state index contributed by atoms with van der Waals surface area (Å²) in [4.78, 5) is 23.2. The molecule has 1 aromatic carbocycles. The molecule has 0 heterocycles. The van der Waals surface area contributed by atoms with E-state index in [0.29, 0.717) is 17.0 Å². The predicted octanol–water partition coefficient (Wildman–Crippen LogP) is 1.87. The second-order valence-electron chi connectivity index (χ2n) is 3.42. The number of rotatable bonds is 1. The third-order valence-corrected chi connectivity index (χ3v) is 2.89. The minimum absolute atomic E-state index is 0.234. The maximum atomic E-state index is 11.8. The van der Waals surface area contributed by atoms with Crippen molar-refractivity contribution >= 4 is 23.4 Å². The van der Waals surface area contributed by atoms with E-state index in [1.54, 1.807) is 12.1 Å². The van der Waals surface area contributed by atoms with Crippen molar-refractivity contribution in [2.75, 3.05) is 7.11 Å². The lowest BCUT2D eigenvalue weighted by molar-refractivity contribution is -0.143. The van der Waals surface area contributed by atoms with Crippen molar-refractivity contribution in [1.29, 1.82) is 0 Å². The number of halogens is 1. The minimum Gasteiger partial charge on any atom is -0.468 e. The smallest absolute Gasteiger partial charge is 0.316 e. The molecule has 1 unspecified atom stereocenters. The topological polar surface area (TPSA) is 43.4 Å². The molecule has 0 amide bonds. The molecule has 0 N–H and O–H groups in total. The highest BCUT2D eigenvalue weighted by Crippen LogP contribution is 2.32. The number of ketones is 1. The zero-order valence-corrected chi connectivity index (χ0v) is 8.88. The monoisotopic (exact) mass is 224 g/mol. The lowest BCUT2D eigenvalue weighted by Gasteiger charge is -2.03. The van der Waals surface area contributed by atoms with Gasteiger partial charge >= 0.3 is 5.97 Å². The van der Waals surface area contributed by atoms with Gasteiger partial charge in [-0.05, 0) is 18.1 Å². The van der Waals surface area contributed by atoms with E-state index in [9.17, 15) is 9.59 Å². The van der Waals surface area contributed by atoms with Gasteiger partial charge in [0.05, 0.1) is 12.1 Å². The Morgan fingerprint density at radius 1 is 1.53 bits per heavy atom. The third-order valence-electron chi connectivity index (χ3n) is 2.57. The van der Waals surface area contributed by atoms with Crippen molar-refractivity contribution in [3.05, 3.63) is 34.3 Å². The van der Waals surface area contributed by atoms with Crippen LogP contribution in [-0.2, 0) is 16.0 Å². The fraction of sp³-hybridized carbons (Fsp3) is 0.273. The van der Waals surface area contributed by atoms with E-state index in [1.807, 2.05) is 6.07 Å². The number of methoxy groups -OCH3 is 1. The van der Waals surface area contributed by atoms with Crippen molar-refractivity contribution in [3.8, 4) is 0 Å². The largest absolute Gasteiger partial charge is 0.468 e. The Labute approximate surface area is 92.0 Å². The Bertz CT molecular complexity index is 439. The van der Waals surface area contributed by atoms with Crippen LogP contribution in [0.15, 0.2) is 18.2 Å². The van der Waals surface area contributed by atoms with Gasteiger partial charge in [-0.2, -0.15) is 0 Å². The SMILES string of the molecule is COC(=O)C1Cc2cccc(Cl)c2C1=O. The van der Waals surface area contributed by atoms with E-state index in [1.165, 1.54) is 7.11 Å². The first-order valence-corrected chi connectivity index (χ1v) is 4.92.